The van der Waals surface area contributed by atoms with Crippen LogP contribution >= 0.6 is 0 Å². The van der Waals surface area contributed by atoms with Gasteiger partial charge in [-0.1, -0.05) is 48.9 Å². The Kier molecular flexibility index (Phi) is 5.32. The second-order valence-electron chi connectivity index (χ2n) is 6.73. The van der Waals surface area contributed by atoms with E-state index >= 15 is 0 Å². The van der Waals surface area contributed by atoms with Crippen LogP contribution in [0, 0.1) is 6.92 Å². The number of amides is 1. The summed E-state index contributed by atoms with van der Waals surface area (Å²) < 4.78 is 25.5. The van der Waals surface area contributed by atoms with Crippen LogP contribution in [-0.2, 0) is 14.8 Å². The first-order chi connectivity index (χ1) is 12.8. The highest BCUT2D eigenvalue weighted by Gasteiger charge is 2.32. The van der Waals surface area contributed by atoms with Crippen molar-refractivity contribution in [2.75, 3.05) is 11.0 Å². The summed E-state index contributed by atoms with van der Waals surface area (Å²) in [6.07, 6.45) is 2.06. The maximum atomic E-state index is 12.4. The lowest BCUT2D eigenvalue weighted by Crippen LogP contribution is -2.26. The molecule has 1 amide bonds. The van der Waals surface area contributed by atoms with E-state index in [9.17, 15) is 13.2 Å². The predicted octanol–water partition coefficient (Wildman–Crippen LogP) is 3.45. The molecule has 0 radical (unpaired) electrons. The van der Waals surface area contributed by atoms with Crippen LogP contribution in [0.4, 0.5) is 5.69 Å². The molecule has 0 aromatic heterocycles. The minimum absolute atomic E-state index is 0.0399. The van der Waals surface area contributed by atoms with Crippen LogP contribution in [-0.4, -0.2) is 31.3 Å². The van der Waals surface area contributed by atoms with Crippen LogP contribution in [0.15, 0.2) is 53.6 Å². The number of hydrogen-bond donors (Lipinski definition) is 1. The Labute approximate surface area is 159 Å². The predicted molar refractivity (Wildman–Crippen MR) is 107 cm³/mol. The zero-order valence-electron chi connectivity index (χ0n) is 15.6. The van der Waals surface area contributed by atoms with Gasteiger partial charge < -0.3 is 0 Å². The van der Waals surface area contributed by atoms with Crippen LogP contribution in [0.25, 0.3) is 0 Å². The van der Waals surface area contributed by atoms with E-state index in [1.807, 2.05) is 38.1 Å². The van der Waals surface area contributed by atoms with E-state index in [2.05, 4.69) is 15.9 Å². The van der Waals surface area contributed by atoms with E-state index < -0.39 is 10.0 Å². The average molecular weight is 385 g/mol. The quantitative estimate of drug-likeness (QED) is 0.856. The monoisotopic (exact) mass is 385 g/mol. The van der Waals surface area contributed by atoms with Crippen molar-refractivity contribution >= 4 is 27.3 Å². The zero-order chi connectivity index (χ0) is 19.6. The second kappa shape index (κ2) is 7.52. The molecule has 2 aromatic rings. The minimum atomic E-state index is -3.36. The number of nitrogens with one attached hydrogen (secondary N) is 1. The number of carbonyl (C=O) groups excluding carboxylic acids is 1. The van der Waals surface area contributed by atoms with Gasteiger partial charge in [0.1, 0.15) is 0 Å². The lowest BCUT2D eigenvalue weighted by atomic mass is 9.97. The van der Waals surface area contributed by atoms with Gasteiger partial charge >= 0.3 is 0 Å². The van der Waals surface area contributed by atoms with Gasteiger partial charge in [-0.2, -0.15) is 5.10 Å². The third-order valence-corrected chi connectivity index (χ3v) is 5.00. The summed E-state index contributed by atoms with van der Waals surface area (Å²) in [7, 11) is -3.36. The molecule has 0 bridgehead atoms. The molecule has 0 unspecified atom stereocenters. The van der Waals surface area contributed by atoms with Gasteiger partial charge in [0.05, 0.1) is 18.0 Å². The highest BCUT2D eigenvalue weighted by atomic mass is 32.2. The topological polar surface area (TPSA) is 78.8 Å². The third-order valence-electron chi connectivity index (χ3n) is 4.39. The molecule has 0 saturated heterocycles. The number of nitrogens with zero attached hydrogens (tertiary/aromatic N) is 2. The Bertz CT molecular complexity index is 999. The summed E-state index contributed by atoms with van der Waals surface area (Å²) >= 11 is 0. The summed E-state index contributed by atoms with van der Waals surface area (Å²) in [4.78, 5) is 12.4. The van der Waals surface area contributed by atoms with Gasteiger partial charge in [-0.15, -0.1) is 0 Å². The molecule has 7 heteroatoms. The Hall–Kier alpha value is -2.67. The third kappa shape index (κ3) is 4.54. The number of rotatable bonds is 5. The largest absolute Gasteiger partial charge is 0.284 e. The standard InChI is InChI=1S/C20H23N3O3S/c1-4-20(24)23-19(16-9-5-7-14(2)11-16)13-18(21-23)15-8-6-10-17(12-15)22-27(3,25)26/h5-12,19,22H,4,13H2,1-3H3/t19-/m0/s1. The van der Waals surface area contributed by atoms with Crippen LogP contribution in [0.1, 0.15) is 42.5 Å². The van der Waals surface area contributed by atoms with Gasteiger partial charge in [-0.05, 0) is 30.2 Å². The summed E-state index contributed by atoms with van der Waals surface area (Å²) in [5, 5.41) is 6.13. The number of aryl methyl sites for hydroxylation is 1. The SMILES string of the molecule is CCC(=O)N1N=C(c2cccc(NS(C)(=O)=O)c2)C[C@H]1c1cccc(C)c1. The first-order valence-electron chi connectivity index (χ1n) is 8.81. The van der Waals surface area contributed by atoms with Crippen LogP contribution in [0.2, 0.25) is 0 Å². The summed E-state index contributed by atoms with van der Waals surface area (Å²) in [5.74, 6) is -0.0399. The molecule has 0 spiro atoms. The highest BCUT2D eigenvalue weighted by Crippen LogP contribution is 2.34. The van der Waals surface area contributed by atoms with Crippen molar-refractivity contribution < 1.29 is 13.2 Å². The lowest BCUT2D eigenvalue weighted by molar-refractivity contribution is -0.132. The summed E-state index contributed by atoms with van der Waals surface area (Å²) in [6.45, 7) is 3.84. The summed E-state index contributed by atoms with van der Waals surface area (Å²) in [6, 6.07) is 15.0. The van der Waals surface area contributed by atoms with Crippen molar-refractivity contribution in [1.82, 2.24) is 5.01 Å². The number of hydrazone groups is 1. The Morgan fingerprint density at radius 3 is 2.63 bits per heavy atom. The van der Waals surface area contributed by atoms with Crippen LogP contribution < -0.4 is 4.72 Å². The van der Waals surface area contributed by atoms with Crippen LogP contribution in [0.5, 0.6) is 0 Å². The first kappa shape index (κ1) is 19.1. The molecular formula is C20H23N3O3S. The first-order valence-corrected chi connectivity index (χ1v) is 10.7. The van der Waals surface area contributed by atoms with Gasteiger partial charge in [0.2, 0.25) is 15.9 Å². The fraction of sp³-hybridized carbons (Fsp3) is 0.300. The van der Waals surface area contributed by atoms with Crippen molar-refractivity contribution in [1.29, 1.82) is 0 Å². The molecule has 142 valence electrons. The maximum absolute atomic E-state index is 12.4. The van der Waals surface area contributed by atoms with Crippen molar-refractivity contribution in [2.24, 2.45) is 5.10 Å². The van der Waals surface area contributed by atoms with Gasteiger partial charge in [-0.3, -0.25) is 9.52 Å². The smallest absolute Gasteiger partial charge is 0.242 e. The molecule has 0 fully saturated rings. The van der Waals surface area contributed by atoms with E-state index in [0.29, 0.717) is 18.5 Å². The molecule has 0 saturated carbocycles. The molecule has 3 rings (SSSR count). The molecule has 1 aliphatic rings. The Morgan fingerprint density at radius 2 is 1.96 bits per heavy atom. The molecule has 1 aliphatic heterocycles. The number of hydrogen-bond acceptors (Lipinski definition) is 4. The second-order valence-corrected chi connectivity index (χ2v) is 8.48. The molecule has 2 aromatic carbocycles. The Balaban J connectivity index is 1.95. The maximum Gasteiger partial charge on any atom is 0.242 e. The van der Waals surface area contributed by atoms with Gasteiger partial charge in [-0.25, -0.2) is 13.4 Å². The molecular weight excluding hydrogens is 362 g/mol. The van der Waals surface area contributed by atoms with Crippen molar-refractivity contribution in [3.05, 3.63) is 65.2 Å². The van der Waals surface area contributed by atoms with E-state index in [1.165, 1.54) is 0 Å². The van der Waals surface area contributed by atoms with Crippen molar-refractivity contribution in [3.8, 4) is 0 Å². The molecule has 1 heterocycles. The van der Waals surface area contributed by atoms with E-state index in [0.717, 1.165) is 28.7 Å². The van der Waals surface area contributed by atoms with Crippen molar-refractivity contribution in [2.45, 2.75) is 32.7 Å². The lowest BCUT2D eigenvalue weighted by Gasteiger charge is -2.21. The van der Waals surface area contributed by atoms with E-state index in [-0.39, 0.29) is 11.9 Å². The fourth-order valence-corrected chi connectivity index (χ4v) is 3.75. The molecule has 0 aliphatic carbocycles. The van der Waals surface area contributed by atoms with Gasteiger partial charge in [0.15, 0.2) is 0 Å². The molecule has 1 N–H and O–H groups in total. The molecule has 1 atom stereocenters. The average Bonchev–Trinajstić information content (AvgIpc) is 3.05. The van der Waals surface area contributed by atoms with Crippen LogP contribution in [0.3, 0.4) is 0 Å². The number of benzene rings is 2. The zero-order valence-corrected chi connectivity index (χ0v) is 16.5. The minimum Gasteiger partial charge on any atom is -0.284 e. The van der Waals surface area contributed by atoms with E-state index in [1.54, 1.807) is 23.2 Å². The fourth-order valence-electron chi connectivity index (χ4n) is 3.19. The number of anilines is 1. The number of carbonyl (C=O) groups is 1. The van der Waals surface area contributed by atoms with Crippen molar-refractivity contribution in [3.63, 3.8) is 0 Å². The molecule has 27 heavy (non-hydrogen) atoms. The number of sulfonamides is 1. The molecule has 6 nitrogen and oxygen atoms in total. The normalized spacial score (nSPS) is 16.9. The summed E-state index contributed by atoms with van der Waals surface area (Å²) in [5.41, 5.74) is 4.21. The Morgan fingerprint density at radius 1 is 1.22 bits per heavy atom. The van der Waals surface area contributed by atoms with Gasteiger partial charge in [0, 0.05) is 18.5 Å². The highest BCUT2D eigenvalue weighted by molar-refractivity contribution is 7.92. The van der Waals surface area contributed by atoms with Gasteiger partial charge in [0.25, 0.3) is 0 Å². The van der Waals surface area contributed by atoms with E-state index in [4.69, 9.17) is 0 Å².